The van der Waals surface area contributed by atoms with Crippen LogP contribution in [0.25, 0.3) is 0 Å². The predicted octanol–water partition coefficient (Wildman–Crippen LogP) is 0.412. The van der Waals surface area contributed by atoms with E-state index in [1.165, 1.54) is 0 Å². The van der Waals surface area contributed by atoms with Gasteiger partial charge in [0, 0.05) is 19.6 Å². The van der Waals surface area contributed by atoms with E-state index in [0.29, 0.717) is 18.8 Å². The molecular formula is C9H20N2O2S. The van der Waals surface area contributed by atoms with E-state index in [0.717, 1.165) is 32.4 Å². The van der Waals surface area contributed by atoms with Gasteiger partial charge in [-0.3, -0.25) is 0 Å². The van der Waals surface area contributed by atoms with Crippen LogP contribution in [0.5, 0.6) is 0 Å². The van der Waals surface area contributed by atoms with Crippen molar-refractivity contribution < 1.29 is 8.42 Å². The first kappa shape index (κ1) is 11.9. The molecule has 0 aromatic heterocycles. The van der Waals surface area contributed by atoms with Crippen LogP contribution in [-0.4, -0.2) is 44.7 Å². The molecule has 4 nitrogen and oxygen atoms in total. The lowest BCUT2D eigenvalue weighted by atomic mass is 10.3. The lowest BCUT2D eigenvalue weighted by Crippen LogP contribution is -2.42. The molecule has 5 heteroatoms. The summed E-state index contributed by atoms with van der Waals surface area (Å²) < 4.78 is 25.1. The minimum atomic E-state index is -2.96. The minimum absolute atomic E-state index is 0.295. The van der Waals surface area contributed by atoms with E-state index < -0.39 is 10.0 Å². The highest BCUT2D eigenvalue weighted by molar-refractivity contribution is 7.89. The fourth-order valence-corrected chi connectivity index (χ4v) is 3.11. The molecule has 0 radical (unpaired) electrons. The molecule has 84 valence electrons. The van der Waals surface area contributed by atoms with Crippen molar-refractivity contribution in [1.82, 2.24) is 9.62 Å². The highest BCUT2D eigenvalue weighted by atomic mass is 32.2. The zero-order valence-corrected chi connectivity index (χ0v) is 9.65. The second-order valence-corrected chi connectivity index (χ2v) is 5.76. The Morgan fingerprint density at radius 1 is 1.36 bits per heavy atom. The van der Waals surface area contributed by atoms with Crippen molar-refractivity contribution in [3.05, 3.63) is 0 Å². The largest absolute Gasteiger partial charge is 0.315 e. The zero-order valence-electron chi connectivity index (χ0n) is 8.83. The fourth-order valence-electron chi connectivity index (χ4n) is 1.56. The average molecular weight is 220 g/mol. The lowest BCUT2D eigenvalue weighted by molar-refractivity contribution is 0.388. The van der Waals surface area contributed by atoms with Gasteiger partial charge in [0.2, 0.25) is 10.0 Å². The van der Waals surface area contributed by atoms with E-state index >= 15 is 0 Å². The van der Waals surface area contributed by atoms with Crippen molar-refractivity contribution in [2.45, 2.75) is 26.2 Å². The molecule has 1 rings (SSSR count). The third-order valence-corrected chi connectivity index (χ3v) is 4.40. The molecule has 1 N–H and O–H groups in total. The minimum Gasteiger partial charge on any atom is -0.315 e. The average Bonchev–Trinajstić information content (AvgIpc) is 2.12. The van der Waals surface area contributed by atoms with Crippen molar-refractivity contribution in [2.24, 2.45) is 0 Å². The number of hydrogen-bond donors (Lipinski definition) is 1. The third kappa shape index (κ3) is 3.55. The second-order valence-electron chi connectivity index (χ2n) is 3.67. The lowest BCUT2D eigenvalue weighted by Gasteiger charge is -2.24. The Morgan fingerprint density at radius 2 is 2.14 bits per heavy atom. The van der Waals surface area contributed by atoms with Crippen LogP contribution in [-0.2, 0) is 10.0 Å². The molecule has 0 unspecified atom stereocenters. The first-order chi connectivity index (χ1) is 6.67. The number of unbranched alkanes of at least 4 members (excludes halogenated alkanes) is 1. The van der Waals surface area contributed by atoms with E-state index in [4.69, 9.17) is 0 Å². The van der Waals surface area contributed by atoms with Crippen LogP contribution in [0, 0.1) is 0 Å². The number of sulfonamides is 1. The van der Waals surface area contributed by atoms with Gasteiger partial charge in [0.1, 0.15) is 0 Å². The van der Waals surface area contributed by atoms with Crippen LogP contribution >= 0.6 is 0 Å². The summed E-state index contributed by atoms with van der Waals surface area (Å²) in [5.41, 5.74) is 0. The molecular weight excluding hydrogens is 200 g/mol. The van der Waals surface area contributed by atoms with E-state index in [1.807, 2.05) is 0 Å². The molecule has 0 bridgehead atoms. The van der Waals surface area contributed by atoms with Gasteiger partial charge < -0.3 is 5.32 Å². The molecule has 1 saturated heterocycles. The summed E-state index contributed by atoms with van der Waals surface area (Å²) in [6.07, 6.45) is 2.73. The monoisotopic (exact) mass is 220 g/mol. The van der Waals surface area contributed by atoms with Crippen molar-refractivity contribution in [3.63, 3.8) is 0 Å². The van der Waals surface area contributed by atoms with E-state index in [2.05, 4.69) is 12.2 Å². The van der Waals surface area contributed by atoms with Crippen molar-refractivity contribution >= 4 is 10.0 Å². The molecule has 14 heavy (non-hydrogen) atoms. The van der Waals surface area contributed by atoms with E-state index in [1.54, 1.807) is 4.31 Å². The quantitative estimate of drug-likeness (QED) is 0.749. The summed E-state index contributed by atoms with van der Waals surface area (Å²) in [6.45, 7) is 4.99. The van der Waals surface area contributed by atoms with Gasteiger partial charge in [0.25, 0.3) is 0 Å². The van der Waals surface area contributed by atoms with Gasteiger partial charge in [0.15, 0.2) is 0 Å². The SMILES string of the molecule is CCCCN1CCNCCCS1(=O)=O. The van der Waals surface area contributed by atoms with Crippen LogP contribution in [0.3, 0.4) is 0 Å². The van der Waals surface area contributed by atoms with Crippen LogP contribution in [0.4, 0.5) is 0 Å². The Labute approximate surface area is 86.7 Å². The molecule has 0 amide bonds. The highest BCUT2D eigenvalue weighted by Crippen LogP contribution is 2.06. The Balaban J connectivity index is 2.56. The summed E-state index contributed by atoms with van der Waals surface area (Å²) in [5.74, 6) is 0.295. The van der Waals surface area contributed by atoms with Crippen LogP contribution in [0.2, 0.25) is 0 Å². The van der Waals surface area contributed by atoms with Crippen LogP contribution in [0.1, 0.15) is 26.2 Å². The zero-order chi connectivity index (χ0) is 10.4. The molecule has 0 aromatic rings. The maximum absolute atomic E-state index is 11.8. The fraction of sp³-hybridized carbons (Fsp3) is 1.00. The van der Waals surface area contributed by atoms with Crippen LogP contribution in [0.15, 0.2) is 0 Å². The maximum Gasteiger partial charge on any atom is 0.214 e. The Hall–Kier alpha value is -0.130. The third-order valence-electron chi connectivity index (χ3n) is 2.45. The molecule has 1 fully saturated rings. The van der Waals surface area contributed by atoms with Gasteiger partial charge in [-0.2, -0.15) is 0 Å². The smallest absolute Gasteiger partial charge is 0.214 e. The molecule has 1 aliphatic heterocycles. The number of rotatable bonds is 3. The summed E-state index contributed by atoms with van der Waals surface area (Å²) in [5, 5.41) is 3.23. The van der Waals surface area contributed by atoms with Crippen molar-refractivity contribution in [1.29, 1.82) is 0 Å². The number of hydrogen-bond acceptors (Lipinski definition) is 3. The molecule has 1 aliphatic rings. The summed E-state index contributed by atoms with van der Waals surface area (Å²) >= 11 is 0. The molecule has 0 atom stereocenters. The van der Waals surface area contributed by atoms with Gasteiger partial charge in [-0.05, 0) is 19.4 Å². The van der Waals surface area contributed by atoms with Gasteiger partial charge in [-0.1, -0.05) is 13.3 Å². The molecule has 0 spiro atoms. The van der Waals surface area contributed by atoms with Crippen LogP contribution < -0.4 is 5.32 Å². The Morgan fingerprint density at radius 3 is 2.86 bits per heavy atom. The Kier molecular flexibility index (Phi) is 4.84. The number of nitrogens with zero attached hydrogens (tertiary/aromatic N) is 1. The summed E-state index contributed by atoms with van der Waals surface area (Å²) in [7, 11) is -2.96. The normalized spacial score (nSPS) is 24.1. The van der Waals surface area contributed by atoms with Gasteiger partial charge in [-0.25, -0.2) is 12.7 Å². The first-order valence-electron chi connectivity index (χ1n) is 5.35. The van der Waals surface area contributed by atoms with E-state index in [-0.39, 0.29) is 0 Å². The van der Waals surface area contributed by atoms with Crippen molar-refractivity contribution in [3.8, 4) is 0 Å². The standard InChI is InChI=1S/C9H20N2O2S/c1-2-3-7-11-8-6-10-5-4-9-14(11,12)13/h10H,2-9H2,1H3. The van der Waals surface area contributed by atoms with Gasteiger partial charge in [-0.15, -0.1) is 0 Å². The topological polar surface area (TPSA) is 49.4 Å². The highest BCUT2D eigenvalue weighted by Gasteiger charge is 2.21. The van der Waals surface area contributed by atoms with E-state index in [9.17, 15) is 8.42 Å². The Bertz CT molecular complexity index is 250. The number of nitrogens with one attached hydrogen (secondary N) is 1. The summed E-state index contributed by atoms with van der Waals surface area (Å²) in [6, 6.07) is 0. The molecule has 0 saturated carbocycles. The maximum atomic E-state index is 11.8. The first-order valence-corrected chi connectivity index (χ1v) is 6.96. The molecule has 1 heterocycles. The predicted molar refractivity (Wildman–Crippen MR) is 57.8 cm³/mol. The molecule has 0 aliphatic carbocycles. The molecule has 0 aromatic carbocycles. The van der Waals surface area contributed by atoms with Gasteiger partial charge >= 0.3 is 0 Å². The van der Waals surface area contributed by atoms with Gasteiger partial charge in [0.05, 0.1) is 5.75 Å². The van der Waals surface area contributed by atoms with Crippen molar-refractivity contribution in [2.75, 3.05) is 31.9 Å². The second kappa shape index (κ2) is 5.68. The summed E-state index contributed by atoms with van der Waals surface area (Å²) in [4.78, 5) is 0.